The Morgan fingerprint density at radius 3 is 2.57 bits per heavy atom. The monoisotopic (exact) mass is 105 g/mol. The normalized spacial score (nSPS) is 10.3. The lowest BCUT2D eigenvalue weighted by molar-refractivity contribution is -0.0666. The molecular weight excluding hydrogens is 94.1 g/mol. The van der Waals surface area contributed by atoms with E-state index in [1.165, 1.54) is 5.12 Å². The highest BCUT2D eigenvalue weighted by Gasteiger charge is 1.80. The summed E-state index contributed by atoms with van der Waals surface area (Å²) in [6.45, 7) is 2.48. The van der Waals surface area contributed by atoms with Crippen molar-refractivity contribution < 1.29 is 4.84 Å². The Kier molecular flexibility index (Phi) is 3.92. The minimum Gasteiger partial charge on any atom is -0.286 e. The molecule has 3 N–H and O–H groups in total. The summed E-state index contributed by atoms with van der Waals surface area (Å²) >= 11 is 0. The van der Waals surface area contributed by atoms with Crippen molar-refractivity contribution in [3.63, 3.8) is 0 Å². The van der Waals surface area contributed by atoms with E-state index < -0.39 is 0 Å². The second-order valence-electron chi connectivity index (χ2n) is 1.14. The zero-order valence-corrected chi connectivity index (χ0v) is 4.64. The van der Waals surface area contributed by atoms with Gasteiger partial charge in [-0.05, 0) is 6.92 Å². The molecule has 44 valence electrons. The Morgan fingerprint density at radius 2 is 2.43 bits per heavy atom. The van der Waals surface area contributed by atoms with E-state index in [9.17, 15) is 0 Å². The molecule has 0 amide bonds. The van der Waals surface area contributed by atoms with Crippen molar-refractivity contribution in [2.24, 2.45) is 5.84 Å². The van der Waals surface area contributed by atoms with Crippen molar-refractivity contribution in [1.29, 1.82) is 0 Å². The van der Waals surface area contributed by atoms with Gasteiger partial charge in [-0.2, -0.15) is 5.12 Å². The van der Waals surface area contributed by atoms with Gasteiger partial charge < -0.3 is 0 Å². The molecule has 0 spiro atoms. The Bertz CT molecular complexity index is 39.2. The number of nitrogens with zero attached hydrogens (tertiary/aromatic N) is 1. The summed E-state index contributed by atoms with van der Waals surface area (Å²) in [7, 11) is 1.65. The first-order valence-electron chi connectivity index (χ1n) is 2.13. The molecule has 0 aromatic heterocycles. The highest BCUT2D eigenvalue weighted by Crippen LogP contribution is 1.60. The first kappa shape index (κ1) is 6.84. The Labute approximate surface area is 43.1 Å². The molecule has 0 saturated heterocycles. The number of hydrazine groups is 2. The van der Waals surface area contributed by atoms with Crippen LogP contribution in [-0.4, -0.2) is 18.8 Å². The molecule has 4 nitrogen and oxygen atoms in total. The molecule has 0 fully saturated rings. The van der Waals surface area contributed by atoms with E-state index in [0.29, 0.717) is 6.61 Å². The molecule has 0 aliphatic carbocycles. The van der Waals surface area contributed by atoms with E-state index >= 15 is 0 Å². The van der Waals surface area contributed by atoms with Gasteiger partial charge in [0.15, 0.2) is 0 Å². The molecule has 0 heterocycles. The van der Waals surface area contributed by atoms with Crippen molar-refractivity contribution in [2.45, 2.75) is 6.92 Å². The number of rotatable bonds is 3. The van der Waals surface area contributed by atoms with E-state index in [1.54, 1.807) is 7.05 Å². The molecule has 0 aliphatic rings. The molecule has 7 heavy (non-hydrogen) atoms. The van der Waals surface area contributed by atoms with E-state index in [-0.39, 0.29) is 0 Å². The maximum Gasteiger partial charge on any atom is 0.0671 e. The molecule has 0 radical (unpaired) electrons. The molecule has 0 aromatic rings. The van der Waals surface area contributed by atoms with Gasteiger partial charge in [0.05, 0.1) is 6.61 Å². The van der Waals surface area contributed by atoms with Gasteiger partial charge in [0.2, 0.25) is 0 Å². The SMILES string of the molecule is CCONN(C)N. The Morgan fingerprint density at radius 1 is 1.86 bits per heavy atom. The second kappa shape index (κ2) is 4.01. The van der Waals surface area contributed by atoms with Gasteiger partial charge in [-0.3, -0.25) is 10.7 Å². The molecule has 0 rings (SSSR count). The summed E-state index contributed by atoms with van der Waals surface area (Å²) in [5.41, 5.74) is 2.41. The van der Waals surface area contributed by atoms with Gasteiger partial charge in [0, 0.05) is 7.05 Å². The lowest BCUT2D eigenvalue weighted by atomic mass is 10.9. The van der Waals surface area contributed by atoms with Crippen molar-refractivity contribution in [3.05, 3.63) is 0 Å². The molecule has 0 aromatic carbocycles. The fraction of sp³-hybridized carbons (Fsp3) is 1.00. The number of nitrogens with two attached hydrogens (primary N) is 1. The predicted molar refractivity (Wildman–Crippen MR) is 26.7 cm³/mol. The molecule has 0 unspecified atom stereocenters. The molecule has 0 aliphatic heterocycles. The first-order chi connectivity index (χ1) is 3.27. The third-order valence-electron chi connectivity index (χ3n) is 0.353. The van der Waals surface area contributed by atoms with Crippen LogP contribution in [0.15, 0.2) is 0 Å². The minimum atomic E-state index is 0.613. The lowest BCUT2D eigenvalue weighted by Crippen LogP contribution is -2.39. The summed E-state index contributed by atoms with van der Waals surface area (Å²) in [6, 6.07) is 0. The van der Waals surface area contributed by atoms with Gasteiger partial charge in [0.1, 0.15) is 0 Å². The van der Waals surface area contributed by atoms with Gasteiger partial charge in [-0.1, -0.05) is 0 Å². The third-order valence-corrected chi connectivity index (χ3v) is 0.353. The molecule has 4 heteroatoms. The maximum absolute atomic E-state index is 5.08. The molecule has 0 saturated carbocycles. The van der Waals surface area contributed by atoms with Crippen LogP contribution in [0.5, 0.6) is 0 Å². The van der Waals surface area contributed by atoms with Crippen LogP contribution in [0.3, 0.4) is 0 Å². The van der Waals surface area contributed by atoms with Gasteiger partial charge in [-0.15, -0.1) is 5.59 Å². The lowest BCUT2D eigenvalue weighted by Gasteiger charge is -2.08. The largest absolute Gasteiger partial charge is 0.286 e. The quantitative estimate of drug-likeness (QED) is 0.366. The van der Waals surface area contributed by atoms with E-state index in [4.69, 9.17) is 5.84 Å². The highest BCUT2D eigenvalue weighted by molar-refractivity contribution is 4.05. The van der Waals surface area contributed by atoms with E-state index in [1.807, 2.05) is 6.92 Å². The standard InChI is InChI=1S/C3H11N3O/c1-3-7-5-6(2)4/h5H,3-4H2,1-2H3. The van der Waals surface area contributed by atoms with Crippen LogP contribution in [0.1, 0.15) is 6.92 Å². The highest BCUT2D eigenvalue weighted by atomic mass is 16.7. The molecular formula is C3H11N3O. The van der Waals surface area contributed by atoms with Gasteiger partial charge >= 0.3 is 0 Å². The van der Waals surface area contributed by atoms with Crippen LogP contribution in [0, 0.1) is 0 Å². The minimum absolute atomic E-state index is 0.613. The average Bonchev–Trinajstić information content (AvgIpc) is 1.61. The fourth-order valence-corrected chi connectivity index (χ4v) is 0.166. The molecule has 0 bridgehead atoms. The van der Waals surface area contributed by atoms with Crippen LogP contribution in [-0.2, 0) is 4.84 Å². The van der Waals surface area contributed by atoms with Crippen LogP contribution in [0.4, 0.5) is 0 Å². The second-order valence-corrected chi connectivity index (χ2v) is 1.14. The van der Waals surface area contributed by atoms with Crippen LogP contribution in [0.2, 0.25) is 0 Å². The Hall–Kier alpha value is -0.160. The maximum atomic E-state index is 5.08. The number of hydrogen-bond donors (Lipinski definition) is 2. The number of hydrogen-bond acceptors (Lipinski definition) is 4. The fourth-order valence-electron chi connectivity index (χ4n) is 0.166. The van der Waals surface area contributed by atoms with Crippen molar-refractivity contribution >= 4 is 0 Å². The summed E-state index contributed by atoms with van der Waals surface area (Å²) in [5.74, 6) is 5.08. The van der Waals surface area contributed by atoms with Crippen LogP contribution >= 0.6 is 0 Å². The summed E-state index contributed by atoms with van der Waals surface area (Å²) in [6.07, 6.45) is 0. The zero-order valence-electron chi connectivity index (χ0n) is 4.64. The zero-order chi connectivity index (χ0) is 5.70. The third kappa shape index (κ3) is 5.84. The predicted octanol–water partition coefficient (Wildman–Crippen LogP) is -0.752. The van der Waals surface area contributed by atoms with Gasteiger partial charge in [-0.25, -0.2) is 0 Å². The van der Waals surface area contributed by atoms with E-state index in [2.05, 4.69) is 10.4 Å². The van der Waals surface area contributed by atoms with Crippen LogP contribution in [0.25, 0.3) is 0 Å². The smallest absolute Gasteiger partial charge is 0.0671 e. The van der Waals surface area contributed by atoms with Crippen molar-refractivity contribution in [3.8, 4) is 0 Å². The summed E-state index contributed by atoms with van der Waals surface area (Å²) in [5, 5.41) is 1.24. The topological polar surface area (TPSA) is 50.5 Å². The average molecular weight is 105 g/mol. The molecule has 0 atom stereocenters. The van der Waals surface area contributed by atoms with Crippen molar-refractivity contribution in [1.82, 2.24) is 10.7 Å². The van der Waals surface area contributed by atoms with Gasteiger partial charge in [0.25, 0.3) is 0 Å². The Balaban J connectivity index is 2.68. The summed E-state index contributed by atoms with van der Waals surface area (Å²) in [4.78, 5) is 4.65. The van der Waals surface area contributed by atoms with Crippen molar-refractivity contribution in [2.75, 3.05) is 13.7 Å². The van der Waals surface area contributed by atoms with Crippen LogP contribution < -0.4 is 11.4 Å². The first-order valence-corrected chi connectivity index (χ1v) is 2.13. The van der Waals surface area contributed by atoms with E-state index in [0.717, 1.165) is 0 Å². The number of nitrogens with one attached hydrogen (secondary N) is 1. The summed E-state index contributed by atoms with van der Waals surface area (Å²) < 4.78 is 0.